The Balaban J connectivity index is 1.93. The highest BCUT2D eigenvalue weighted by molar-refractivity contribution is 6.39. The summed E-state index contributed by atoms with van der Waals surface area (Å²) in [7, 11) is 0. The Morgan fingerprint density at radius 1 is 1.23 bits per heavy atom. The number of nitrogens with one attached hydrogen (secondary N) is 1. The molecule has 0 bridgehead atoms. The number of rotatable bonds is 3. The fraction of sp³-hybridized carbons (Fsp3) is 0.467. The van der Waals surface area contributed by atoms with Crippen LogP contribution in [0.4, 0.5) is 11.4 Å². The van der Waals surface area contributed by atoms with Gasteiger partial charge in [0.2, 0.25) is 0 Å². The van der Waals surface area contributed by atoms with E-state index in [4.69, 9.17) is 11.5 Å². The first-order valence-corrected chi connectivity index (χ1v) is 7.40. The topological polar surface area (TPSA) is 105 Å². The number of anilines is 2. The summed E-state index contributed by atoms with van der Waals surface area (Å²) in [5, 5.41) is 2.60. The van der Waals surface area contributed by atoms with Crippen LogP contribution in [-0.2, 0) is 9.59 Å². The molecule has 0 aromatic heterocycles. The first kappa shape index (κ1) is 16.3. The molecule has 120 valence electrons. The van der Waals surface area contributed by atoms with E-state index in [1.807, 2.05) is 13.0 Å². The number of carbonyl (C=O) groups is 2. The van der Waals surface area contributed by atoms with Crippen molar-refractivity contribution in [3.63, 3.8) is 0 Å². The fourth-order valence-electron chi connectivity index (χ4n) is 2.45. The highest BCUT2D eigenvalue weighted by atomic mass is 16.2. The minimum Gasteiger partial charge on any atom is -0.397 e. The first-order valence-electron chi connectivity index (χ1n) is 7.40. The van der Waals surface area contributed by atoms with E-state index in [-0.39, 0.29) is 0 Å². The van der Waals surface area contributed by atoms with Crippen LogP contribution in [0.5, 0.6) is 0 Å². The number of hydrogen-bond donors (Lipinski definition) is 3. The zero-order valence-corrected chi connectivity index (χ0v) is 12.8. The van der Waals surface area contributed by atoms with E-state index in [1.165, 1.54) is 0 Å². The lowest BCUT2D eigenvalue weighted by Gasteiger charge is -2.34. The number of carbonyl (C=O) groups excluding carboxylic acids is 2. The molecule has 1 aliphatic heterocycles. The molecule has 1 saturated heterocycles. The summed E-state index contributed by atoms with van der Waals surface area (Å²) < 4.78 is 0. The molecule has 7 heteroatoms. The van der Waals surface area contributed by atoms with Crippen molar-refractivity contribution < 1.29 is 9.59 Å². The summed E-state index contributed by atoms with van der Waals surface area (Å²) in [5.74, 6) is -1.17. The molecule has 1 aromatic carbocycles. The molecule has 2 amide bonds. The smallest absolute Gasteiger partial charge is 0.313 e. The van der Waals surface area contributed by atoms with Crippen LogP contribution in [-0.4, -0.2) is 60.9 Å². The minimum atomic E-state index is -0.649. The summed E-state index contributed by atoms with van der Waals surface area (Å²) in [6, 6.07) is 5.31. The molecule has 0 atom stereocenters. The maximum Gasteiger partial charge on any atom is 0.313 e. The lowest BCUT2D eigenvalue weighted by molar-refractivity contribution is -0.144. The SMILES string of the molecule is Cc1ccc(N)c(NC(=O)C(=O)N2CCN(CCN)CC2)c1. The van der Waals surface area contributed by atoms with Crippen LogP contribution >= 0.6 is 0 Å². The third-order valence-electron chi connectivity index (χ3n) is 3.76. The quantitative estimate of drug-likeness (QED) is 0.521. The first-order chi connectivity index (χ1) is 10.5. The molecule has 1 heterocycles. The average molecular weight is 305 g/mol. The Hall–Kier alpha value is -2.12. The maximum atomic E-state index is 12.2. The number of benzene rings is 1. The zero-order valence-electron chi connectivity index (χ0n) is 12.8. The van der Waals surface area contributed by atoms with Crippen LogP contribution in [0.2, 0.25) is 0 Å². The van der Waals surface area contributed by atoms with Crippen molar-refractivity contribution in [2.45, 2.75) is 6.92 Å². The van der Waals surface area contributed by atoms with E-state index in [2.05, 4.69) is 10.2 Å². The van der Waals surface area contributed by atoms with Crippen molar-refractivity contribution in [3.8, 4) is 0 Å². The number of piperazine rings is 1. The van der Waals surface area contributed by atoms with Gasteiger partial charge in [0.25, 0.3) is 0 Å². The summed E-state index contributed by atoms with van der Waals surface area (Å²) >= 11 is 0. The number of amides is 2. The van der Waals surface area contributed by atoms with Crippen molar-refractivity contribution in [3.05, 3.63) is 23.8 Å². The highest BCUT2D eigenvalue weighted by Gasteiger charge is 2.26. The van der Waals surface area contributed by atoms with E-state index < -0.39 is 11.8 Å². The lowest BCUT2D eigenvalue weighted by atomic mass is 10.2. The molecule has 22 heavy (non-hydrogen) atoms. The molecule has 0 radical (unpaired) electrons. The van der Waals surface area contributed by atoms with Gasteiger partial charge in [-0.2, -0.15) is 0 Å². The number of nitrogens with two attached hydrogens (primary N) is 2. The van der Waals surface area contributed by atoms with E-state index in [0.717, 1.165) is 25.2 Å². The normalized spacial score (nSPS) is 15.6. The van der Waals surface area contributed by atoms with Crippen molar-refractivity contribution >= 4 is 23.2 Å². The predicted octanol–water partition coefficient (Wildman–Crippen LogP) is -0.381. The Labute approximate surface area is 130 Å². The lowest BCUT2D eigenvalue weighted by Crippen LogP contribution is -2.52. The number of aryl methyl sites for hydroxylation is 1. The molecule has 0 unspecified atom stereocenters. The standard InChI is InChI=1S/C15H23N5O2/c1-11-2-3-12(17)13(10-11)18-14(21)15(22)20-8-6-19(5-4-16)7-9-20/h2-3,10H,4-9,16-17H2,1H3,(H,18,21). The van der Waals surface area contributed by atoms with Crippen LogP contribution < -0.4 is 16.8 Å². The third-order valence-corrected chi connectivity index (χ3v) is 3.76. The Morgan fingerprint density at radius 2 is 1.91 bits per heavy atom. The van der Waals surface area contributed by atoms with Gasteiger partial charge < -0.3 is 21.7 Å². The predicted molar refractivity (Wildman–Crippen MR) is 86.3 cm³/mol. The van der Waals surface area contributed by atoms with Crippen LogP contribution in [0, 0.1) is 6.92 Å². The molecule has 2 rings (SSSR count). The van der Waals surface area contributed by atoms with Gasteiger partial charge in [-0.05, 0) is 24.6 Å². The van der Waals surface area contributed by atoms with Crippen LogP contribution in [0.15, 0.2) is 18.2 Å². The van der Waals surface area contributed by atoms with Gasteiger partial charge in [-0.1, -0.05) is 6.07 Å². The molecule has 0 saturated carbocycles. The molecule has 1 aromatic rings. The summed E-state index contributed by atoms with van der Waals surface area (Å²) in [5.41, 5.74) is 13.2. The van der Waals surface area contributed by atoms with Crippen LogP contribution in [0.1, 0.15) is 5.56 Å². The van der Waals surface area contributed by atoms with Crippen molar-refractivity contribution in [1.82, 2.24) is 9.80 Å². The van der Waals surface area contributed by atoms with Gasteiger partial charge in [-0.25, -0.2) is 0 Å². The van der Waals surface area contributed by atoms with E-state index in [9.17, 15) is 9.59 Å². The fourth-order valence-corrected chi connectivity index (χ4v) is 2.45. The van der Waals surface area contributed by atoms with Gasteiger partial charge in [0, 0.05) is 39.3 Å². The summed E-state index contributed by atoms with van der Waals surface area (Å²) in [6.07, 6.45) is 0. The Morgan fingerprint density at radius 3 is 2.55 bits per heavy atom. The molecule has 0 aliphatic carbocycles. The third kappa shape index (κ3) is 3.96. The number of nitrogens with zero attached hydrogens (tertiary/aromatic N) is 2. The molecule has 5 N–H and O–H groups in total. The maximum absolute atomic E-state index is 12.2. The Kier molecular flexibility index (Phi) is 5.35. The molecule has 0 spiro atoms. The molecule has 1 fully saturated rings. The molecular formula is C15H23N5O2. The zero-order chi connectivity index (χ0) is 16.1. The van der Waals surface area contributed by atoms with Gasteiger partial charge in [0.15, 0.2) is 0 Å². The average Bonchev–Trinajstić information content (AvgIpc) is 2.51. The van der Waals surface area contributed by atoms with Gasteiger partial charge in [0.1, 0.15) is 0 Å². The molecule has 1 aliphatic rings. The second-order valence-corrected chi connectivity index (χ2v) is 5.47. The van der Waals surface area contributed by atoms with Gasteiger partial charge >= 0.3 is 11.8 Å². The van der Waals surface area contributed by atoms with E-state index in [0.29, 0.717) is 31.0 Å². The van der Waals surface area contributed by atoms with Crippen LogP contribution in [0.3, 0.4) is 0 Å². The van der Waals surface area contributed by atoms with E-state index >= 15 is 0 Å². The Bertz CT molecular complexity index is 553. The van der Waals surface area contributed by atoms with Crippen molar-refractivity contribution in [1.29, 1.82) is 0 Å². The molecular weight excluding hydrogens is 282 g/mol. The monoisotopic (exact) mass is 305 g/mol. The van der Waals surface area contributed by atoms with Gasteiger partial charge in [-0.15, -0.1) is 0 Å². The second-order valence-electron chi connectivity index (χ2n) is 5.47. The van der Waals surface area contributed by atoms with E-state index in [1.54, 1.807) is 17.0 Å². The van der Waals surface area contributed by atoms with Crippen molar-refractivity contribution in [2.75, 3.05) is 50.3 Å². The largest absolute Gasteiger partial charge is 0.397 e. The highest BCUT2D eigenvalue weighted by Crippen LogP contribution is 2.19. The molecule has 7 nitrogen and oxygen atoms in total. The summed E-state index contributed by atoms with van der Waals surface area (Å²) in [4.78, 5) is 28.0. The van der Waals surface area contributed by atoms with Gasteiger partial charge in [-0.3, -0.25) is 14.5 Å². The second kappa shape index (κ2) is 7.24. The number of nitrogen functional groups attached to an aromatic ring is 1. The minimum absolute atomic E-state index is 0.444. The van der Waals surface area contributed by atoms with Crippen LogP contribution in [0.25, 0.3) is 0 Å². The van der Waals surface area contributed by atoms with Gasteiger partial charge in [0.05, 0.1) is 11.4 Å². The van der Waals surface area contributed by atoms with Crippen molar-refractivity contribution in [2.24, 2.45) is 5.73 Å². The number of hydrogen-bond acceptors (Lipinski definition) is 5. The summed E-state index contributed by atoms with van der Waals surface area (Å²) in [6.45, 7) is 5.86.